The van der Waals surface area contributed by atoms with E-state index in [-0.39, 0.29) is 29.1 Å². The number of ether oxygens (including phenoxy) is 4. The second kappa shape index (κ2) is 14.1. The monoisotopic (exact) mass is 546 g/mol. The topological polar surface area (TPSA) is 77.4 Å². The van der Waals surface area contributed by atoms with Crippen LogP contribution in [0.15, 0.2) is 0 Å². The van der Waals surface area contributed by atoms with Gasteiger partial charge in [0.1, 0.15) is 0 Å². The third-order valence-electron chi connectivity index (χ3n) is 9.37. The molecule has 3 unspecified atom stereocenters. The molecule has 0 bridgehead atoms. The van der Waals surface area contributed by atoms with Crippen LogP contribution in [0.4, 0.5) is 0 Å². The van der Waals surface area contributed by atoms with E-state index in [1.54, 1.807) is 0 Å². The number of aliphatic hydroxyl groups excluding tert-OH is 2. The lowest BCUT2D eigenvalue weighted by Gasteiger charge is -2.48. The molecular formula is C32H66O6. The molecule has 0 aromatic rings. The van der Waals surface area contributed by atoms with Crippen molar-refractivity contribution in [1.82, 2.24) is 0 Å². The minimum Gasteiger partial charge on any atom is -0.391 e. The summed E-state index contributed by atoms with van der Waals surface area (Å²) < 4.78 is 25.0. The van der Waals surface area contributed by atoms with Crippen molar-refractivity contribution in [2.75, 3.05) is 26.4 Å². The maximum absolute atomic E-state index is 10.7. The molecule has 0 fully saturated rings. The fourth-order valence-electron chi connectivity index (χ4n) is 4.17. The Kier molecular flexibility index (Phi) is 14.0. The standard InChI is InChI=1S/C32H66O6/c1-17-35-26(22-38-31(13,14)29(9,10)19-25(34)20-36-27(4,5)6)30(11,12)32(15,16)37-21-24(33)18-28(7,8)23(2)3/h23-26,33-34H,17-22H2,1-16H3. The van der Waals surface area contributed by atoms with Gasteiger partial charge in [-0.25, -0.2) is 0 Å². The van der Waals surface area contributed by atoms with E-state index in [1.165, 1.54) is 0 Å². The van der Waals surface area contributed by atoms with E-state index in [1.807, 2.05) is 27.7 Å². The lowest BCUT2D eigenvalue weighted by Crippen LogP contribution is -2.54. The molecule has 0 rings (SSSR count). The van der Waals surface area contributed by atoms with Crippen LogP contribution >= 0.6 is 0 Å². The summed E-state index contributed by atoms with van der Waals surface area (Å²) in [5.41, 5.74) is -2.06. The number of hydrogen-bond acceptors (Lipinski definition) is 6. The highest BCUT2D eigenvalue weighted by molar-refractivity contribution is 4.96. The molecular weight excluding hydrogens is 480 g/mol. The lowest BCUT2D eigenvalue weighted by molar-refractivity contribution is -0.205. The van der Waals surface area contributed by atoms with Gasteiger partial charge in [0.2, 0.25) is 0 Å². The first-order chi connectivity index (χ1) is 16.8. The van der Waals surface area contributed by atoms with Crippen LogP contribution in [0.25, 0.3) is 0 Å². The summed E-state index contributed by atoms with van der Waals surface area (Å²) in [4.78, 5) is 0. The van der Waals surface area contributed by atoms with Gasteiger partial charge in [0.05, 0.1) is 54.9 Å². The molecule has 230 valence electrons. The summed E-state index contributed by atoms with van der Waals surface area (Å²) in [6.07, 6.45) is -0.0908. The molecule has 2 N–H and O–H groups in total. The zero-order valence-electron chi connectivity index (χ0n) is 28.1. The first kappa shape index (κ1) is 37.8. The van der Waals surface area contributed by atoms with Crippen LogP contribution in [0.3, 0.4) is 0 Å². The van der Waals surface area contributed by atoms with Gasteiger partial charge in [0.15, 0.2) is 0 Å². The Morgan fingerprint density at radius 1 is 0.605 bits per heavy atom. The molecule has 0 saturated heterocycles. The van der Waals surface area contributed by atoms with Crippen LogP contribution in [-0.2, 0) is 18.9 Å². The zero-order chi connectivity index (χ0) is 30.4. The second-order valence-electron chi connectivity index (χ2n) is 15.5. The Bertz CT molecular complexity index is 672. The van der Waals surface area contributed by atoms with Crippen LogP contribution in [0, 0.1) is 22.2 Å². The van der Waals surface area contributed by atoms with Gasteiger partial charge in [0, 0.05) is 12.0 Å². The Hall–Kier alpha value is -0.240. The minimum absolute atomic E-state index is 0.0367. The van der Waals surface area contributed by atoms with Crippen LogP contribution in [0.5, 0.6) is 0 Å². The largest absolute Gasteiger partial charge is 0.391 e. The molecule has 0 saturated carbocycles. The maximum Gasteiger partial charge on any atom is 0.0886 e. The van der Waals surface area contributed by atoms with Crippen LogP contribution in [-0.4, -0.2) is 71.8 Å². The van der Waals surface area contributed by atoms with Crippen molar-refractivity contribution in [1.29, 1.82) is 0 Å². The SMILES string of the molecule is CCOC(COC(C)(C)C(C)(C)CC(O)COC(C)(C)C)C(C)(C)C(C)(C)OCC(O)CC(C)(C)C(C)C. The van der Waals surface area contributed by atoms with Gasteiger partial charge in [-0.3, -0.25) is 0 Å². The fraction of sp³-hybridized carbons (Fsp3) is 1.00. The van der Waals surface area contributed by atoms with Crippen LogP contribution < -0.4 is 0 Å². The van der Waals surface area contributed by atoms with Gasteiger partial charge >= 0.3 is 0 Å². The molecule has 0 aromatic carbocycles. The van der Waals surface area contributed by atoms with E-state index in [9.17, 15) is 10.2 Å². The molecule has 0 aliphatic carbocycles. The summed E-state index contributed by atoms with van der Waals surface area (Å²) in [5.74, 6) is 0.473. The molecule has 0 heterocycles. The molecule has 0 amide bonds. The summed E-state index contributed by atoms with van der Waals surface area (Å²) in [7, 11) is 0. The smallest absolute Gasteiger partial charge is 0.0886 e. The molecule has 6 heteroatoms. The van der Waals surface area contributed by atoms with Crippen molar-refractivity contribution in [3.05, 3.63) is 0 Å². The molecule has 6 nitrogen and oxygen atoms in total. The van der Waals surface area contributed by atoms with Gasteiger partial charge in [-0.05, 0) is 85.0 Å². The van der Waals surface area contributed by atoms with E-state index in [0.717, 1.165) is 0 Å². The van der Waals surface area contributed by atoms with Crippen molar-refractivity contribution in [2.45, 2.75) is 159 Å². The van der Waals surface area contributed by atoms with Gasteiger partial charge in [-0.15, -0.1) is 0 Å². The number of rotatable bonds is 18. The highest BCUT2D eigenvalue weighted by Crippen LogP contribution is 2.42. The van der Waals surface area contributed by atoms with E-state index in [4.69, 9.17) is 18.9 Å². The quantitative estimate of drug-likeness (QED) is 0.192. The zero-order valence-corrected chi connectivity index (χ0v) is 28.1. The Morgan fingerprint density at radius 3 is 1.50 bits per heavy atom. The van der Waals surface area contributed by atoms with Crippen molar-refractivity contribution in [3.8, 4) is 0 Å². The summed E-state index contributed by atoms with van der Waals surface area (Å²) >= 11 is 0. The van der Waals surface area contributed by atoms with Crippen LogP contribution in [0.2, 0.25) is 0 Å². The minimum atomic E-state index is -0.578. The average molecular weight is 547 g/mol. The first-order valence-electron chi connectivity index (χ1n) is 14.7. The molecule has 0 spiro atoms. The Labute approximate surface area is 236 Å². The van der Waals surface area contributed by atoms with Crippen molar-refractivity contribution >= 4 is 0 Å². The van der Waals surface area contributed by atoms with Gasteiger partial charge < -0.3 is 29.2 Å². The summed E-state index contributed by atoms with van der Waals surface area (Å²) in [6, 6.07) is 0. The van der Waals surface area contributed by atoms with E-state index in [0.29, 0.717) is 38.6 Å². The molecule has 0 aliphatic rings. The fourth-order valence-corrected chi connectivity index (χ4v) is 4.17. The Morgan fingerprint density at radius 2 is 1.05 bits per heavy atom. The second-order valence-corrected chi connectivity index (χ2v) is 15.5. The van der Waals surface area contributed by atoms with Crippen molar-refractivity contribution in [2.24, 2.45) is 22.2 Å². The lowest BCUT2D eigenvalue weighted by atomic mass is 9.71. The predicted molar refractivity (Wildman–Crippen MR) is 159 cm³/mol. The number of hydrogen-bond donors (Lipinski definition) is 2. The van der Waals surface area contributed by atoms with E-state index < -0.39 is 28.8 Å². The first-order valence-corrected chi connectivity index (χ1v) is 14.7. The highest BCUT2D eigenvalue weighted by Gasteiger charge is 2.47. The molecule has 0 aromatic heterocycles. The van der Waals surface area contributed by atoms with Crippen molar-refractivity contribution in [3.63, 3.8) is 0 Å². The van der Waals surface area contributed by atoms with Gasteiger partial charge in [-0.2, -0.15) is 0 Å². The average Bonchev–Trinajstić information content (AvgIpc) is 2.72. The third kappa shape index (κ3) is 11.7. The summed E-state index contributed by atoms with van der Waals surface area (Å²) in [5, 5.41) is 21.4. The molecule has 0 radical (unpaired) electrons. The predicted octanol–water partition coefficient (Wildman–Crippen LogP) is 7.03. The molecule has 3 atom stereocenters. The normalized spacial score (nSPS) is 17.1. The van der Waals surface area contributed by atoms with Gasteiger partial charge in [0.25, 0.3) is 0 Å². The van der Waals surface area contributed by atoms with Gasteiger partial charge in [-0.1, -0.05) is 55.4 Å². The maximum atomic E-state index is 10.7. The third-order valence-corrected chi connectivity index (χ3v) is 9.37. The van der Waals surface area contributed by atoms with E-state index >= 15 is 0 Å². The molecule has 38 heavy (non-hydrogen) atoms. The van der Waals surface area contributed by atoms with Crippen molar-refractivity contribution < 1.29 is 29.2 Å². The van der Waals surface area contributed by atoms with Crippen LogP contribution in [0.1, 0.15) is 124 Å². The highest BCUT2D eigenvalue weighted by atomic mass is 16.6. The van der Waals surface area contributed by atoms with E-state index in [2.05, 4.69) is 83.1 Å². The number of aliphatic hydroxyl groups is 2. The molecule has 0 aliphatic heterocycles. The summed E-state index contributed by atoms with van der Waals surface area (Å²) in [6.45, 7) is 35.1. The Balaban J connectivity index is 5.40.